The Labute approximate surface area is 167 Å². The number of rotatable bonds is 3. The summed E-state index contributed by atoms with van der Waals surface area (Å²) in [4.78, 5) is 29.2. The number of amides is 2. The SMILES string of the molecule is Cc1cc(N2CCCC2)ccc1/C=C1\SC(=O)N(c2cccc(Cl)c2)C1=O. The standard InChI is InChI=1S/C21H19ClN2O2S/c1-14-11-17(23-9-2-3-10-23)8-7-15(14)12-19-20(25)24(21(26)27-19)18-6-4-5-16(22)13-18/h4-8,11-13H,2-3,9-10H2,1H3/b19-12-. The van der Waals surface area contributed by atoms with Gasteiger partial charge in [0.25, 0.3) is 11.1 Å². The summed E-state index contributed by atoms with van der Waals surface area (Å²) in [7, 11) is 0. The molecule has 6 heteroatoms. The topological polar surface area (TPSA) is 40.6 Å². The van der Waals surface area contributed by atoms with E-state index in [-0.39, 0.29) is 11.1 Å². The number of aryl methyl sites for hydroxylation is 1. The highest BCUT2D eigenvalue weighted by Gasteiger charge is 2.36. The Morgan fingerprint density at radius 3 is 2.52 bits per heavy atom. The molecular weight excluding hydrogens is 380 g/mol. The van der Waals surface area contributed by atoms with Gasteiger partial charge in [-0.1, -0.05) is 23.7 Å². The van der Waals surface area contributed by atoms with Gasteiger partial charge in [-0.15, -0.1) is 0 Å². The van der Waals surface area contributed by atoms with Crippen molar-refractivity contribution < 1.29 is 9.59 Å². The summed E-state index contributed by atoms with van der Waals surface area (Å²) in [5, 5.41) is 0.184. The Balaban J connectivity index is 1.61. The third-order valence-corrected chi connectivity index (χ3v) is 5.98. The van der Waals surface area contributed by atoms with Crippen LogP contribution in [0.5, 0.6) is 0 Å². The lowest BCUT2D eigenvalue weighted by atomic mass is 10.1. The van der Waals surface area contributed by atoms with Gasteiger partial charge >= 0.3 is 0 Å². The van der Waals surface area contributed by atoms with Crippen LogP contribution >= 0.6 is 23.4 Å². The van der Waals surface area contributed by atoms with E-state index in [0.29, 0.717) is 15.6 Å². The van der Waals surface area contributed by atoms with E-state index in [1.165, 1.54) is 23.4 Å². The van der Waals surface area contributed by atoms with Crippen LogP contribution < -0.4 is 9.80 Å². The molecule has 0 radical (unpaired) electrons. The number of benzene rings is 2. The molecule has 2 aromatic rings. The molecule has 2 amide bonds. The summed E-state index contributed by atoms with van der Waals surface area (Å²) >= 11 is 6.96. The first-order valence-corrected chi connectivity index (χ1v) is 10.1. The minimum Gasteiger partial charge on any atom is -0.372 e. The summed E-state index contributed by atoms with van der Waals surface area (Å²) < 4.78 is 0. The minimum absolute atomic E-state index is 0.306. The number of nitrogens with zero attached hydrogens (tertiary/aromatic N) is 2. The molecule has 2 saturated heterocycles. The fourth-order valence-corrected chi connectivity index (χ4v) is 4.46. The largest absolute Gasteiger partial charge is 0.372 e. The van der Waals surface area contributed by atoms with Gasteiger partial charge in [0, 0.05) is 23.8 Å². The van der Waals surface area contributed by atoms with Gasteiger partial charge in [-0.25, -0.2) is 4.90 Å². The van der Waals surface area contributed by atoms with Gasteiger partial charge in [-0.05, 0) is 79.1 Å². The molecule has 2 aliphatic rings. The van der Waals surface area contributed by atoms with Crippen LogP contribution in [0.4, 0.5) is 16.2 Å². The Morgan fingerprint density at radius 1 is 1.04 bits per heavy atom. The number of imide groups is 1. The second-order valence-electron chi connectivity index (χ2n) is 6.73. The van der Waals surface area contributed by atoms with Crippen LogP contribution in [0, 0.1) is 6.92 Å². The lowest BCUT2D eigenvalue weighted by molar-refractivity contribution is -0.113. The average Bonchev–Trinajstić information content (AvgIpc) is 3.26. The zero-order valence-corrected chi connectivity index (χ0v) is 16.5. The average molecular weight is 399 g/mol. The Morgan fingerprint density at radius 2 is 1.81 bits per heavy atom. The molecule has 2 aromatic carbocycles. The first-order valence-electron chi connectivity index (χ1n) is 8.92. The molecule has 2 heterocycles. The van der Waals surface area contributed by atoms with E-state index in [2.05, 4.69) is 17.0 Å². The number of hydrogen-bond donors (Lipinski definition) is 0. The van der Waals surface area contributed by atoms with Crippen LogP contribution in [0.1, 0.15) is 24.0 Å². The van der Waals surface area contributed by atoms with E-state index in [1.807, 2.05) is 13.0 Å². The molecule has 0 spiro atoms. The van der Waals surface area contributed by atoms with Crippen molar-refractivity contribution in [3.63, 3.8) is 0 Å². The molecule has 138 valence electrons. The van der Waals surface area contributed by atoms with E-state index >= 15 is 0 Å². The Bertz CT molecular complexity index is 951. The third kappa shape index (κ3) is 3.62. The molecule has 4 rings (SSSR count). The zero-order chi connectivity index (χ0) is 19.0. The van der Waals surface area contributed by atoms with E-state index < -0.39 is 0 Å². The molecule has 2 fully saturated rings. The normalized spacial score (nSPS) is 18.8. The van der Waals surface area contributed by atoms with Gasteiger partial charge in [-0.3, -0.25) is 9.59 Å². The van der Waals surface area contributed by atoms with Crippen molar-refractivity contribution in [2.24, 2.45) is 0 Å². The van der Waals surface area contributed by atoms with E-state index in [9.17, 15) is 9.59 Å². The van der Waals surface area contributed by atoms with Crippen molar-refractivity contribution >= 4 is 52.0 Å². The van der Waals surface area contributed by atoms with Crippen molar-refractivity contribution in [1.82, 2.24) is 0 Å². The monoisotopic (exact) mass is 398 g/mol. The van der Waals surface area contributed by atoms with E-state index in [4.69, 9.17) is 11.6 Å². The number of anilines is 2. The second kappa shape index (κ2) is 7.41. The van der Waals surface area contributed by atoms with Crippen LogP contribution in [-0.2, 0) is 4.79 Å². The van der Waals surface area contributed by atoms with Gasteiger partial charge in [0.2, 0.25) is 0 Å². The van der Waals surface area contributed by atoms with Crippen LogP contribution in [0.3, 0.4) is 0 Å². The Hall–Kier alpha value is -2.24. The molecule has 4 nitrogen and oxygen atoms in total. The van der Waals surface area contributed by atoms with E-state index in [0.717, 1.165) is 36.0 Å². The number of hydrogen-bond acceptors (Lipinski definition) is 4. The molecule has 2 aliphatic heterocycles. The van der Waals surface area contributed by atoms with Crippen LogP contribution in [-0.4, -0.2) is 24.2 Å². The van der Waals surface area contributed by atoms with Crippen molar-refractivity contribution in [2.45, 2.75) is 19.8 Å². The second-order valence-corrected chi connectivity index (χ2v) is 8.16. The summed E-state index contributed by atoms with van der Waals surface area (Å²) in [5.74, 6) is -0.310. The molecule has 0 aromatic heterocycles. The quantitative estimate of drug-likeness (QED) is 0.641. The lowest BCUT2D eigenvalue weighted by Gasteiger charge is -2.18. The van der Waals surface area contributed by atoms with Crippen molar-refractivity contribution in [3.8, 4) is 0 Å². The third-order valence-electron chi connectivity index (χ3n) is 4.87. The molecule has 0 atom stereocenters. The lowest BCUT2D eigenvalue weighted by Crippen LogP contribution is -2.27. The van der Waals surface area contributed by atoms with Crippen molar-refractivity contribution in [3.05, 3.63) is 63.5 Å². The predicted octanol–water partition coefficient (Wildman–Crippen LogP) is 5.49. The molecular formula is C21H19ClN2O2S. The molecule has 0 bridgehead atoms. The predicted molar refractivity (Wildman–Crippen MR) is 113 cm³/mol. The van der Waals surface area contributed by atoms with Gasteiger partial charge < -0.3 is 4.90 Å². The highest BCUT2D eigenvalue weighted by molar-refractivity contribution is 8.19. The van der Waals surface area contributed by atoms with Gasteiger partial charge in [0.15, 0.2) is 0 Å². The maximum atomic E-state index is 12.8. The summed E-state index contributed by atoms with van der Waals surface area (Å²) in [6.45, 7) is 4.22. The molecule has 0 N–H and O–H groups in total. The number of halogens is 1. The van der Waals surface area contributed by atoms with Crippen molar-refractivity contribution in [2.75, 3.05) is 22.9 Å². The summed E-state index contributed by atoms with van der Waals surface area (Å²) in [6, 6.07) is 13.0. The first-order chi connectivity index (χ1) is 13.0. The van der Waals surface area contributed by atoms with Gasteiger partial charge in [0.1, 0.15) is 0 Å². The fraction of sp³-hybridized carbons (Fsp3) is 0.238. The van der Waals surface area contributed by atoms with Gasteiger partial charge in [0.05, 0.1) is 10.6 Å². The van der Waals surface area contributed by atoms with E-state index in [1.54, 1.807) is 30.3 Å². The molecule has 0 unspecified atom stereocenters. The minimum atomic E-state index is -0.310. The fourth-order valence-electron chi connectivity index (χ4n) is 3.44. The van der Waals surface area contributed by atoms with Crippen LogP contribution in [0.2, 0.25) is 5.02 Å². The van der Waals surface area contributed by atoms with Gasteiger partial charge in [-0.2, -0.15) is 0 Å². The summed E-state index contributed by atoms with van der Waals surface area (Å²) in [5.41, 5.74) is 3.76. The maximum Gasteiger partial charge on any atom is 0.298 e. The number of carbonyl (C=O) groups excluding carboxylic acids is 2. The smallest absolute Gasteiger partial charge is 0.298 e. The molecule has 27 heavy (non-hydrogen) atoms. The van der Waals surface area contributed by atoms with Crippen molar-refractivity contribution in [1.29, 1.82) is 0 Å². The van der Waals surface area contributed by atoms with Crippen LogP contribution in [0.15, 0.2) is 47.4 Å². The van der Waals surface area contributed by atoms with Crippen LogP contribution in [0.25, 0.3) is 6.08 Å². The number of carbonyl (C=O) groups is 2. The maximum absolute atomic E-state index is 12.8. The first kappa shape index (κ1) is 18.1. The summed E-state index contributed by atoms with van der Waals surface area (Å²) in [6.07, 6.45) is 4.27. The highest BCUT2D eigenvalue weighted by atomic mass is 35.5. The molecule has 0 aliphatic carbocycles. The highest BCUT2D eigenvalue weighted by Crippen LogP contribution is 2.37. The Kier molecular flexibility index (Phi) is 4.98. The molecule has 0 saturated carbocycles. The zero-order valence-electron chi connectivity index (χ0n) is 14.9. The number of thioether (sulfide) groups is 1.